The lowest BCUT2D eigenvalue weighted by molar-refractivity contribution is 0.0948. The summed E-state index contributed by atoms with van der Waals surface area (Å²) in [7, 11) is 1.67. The molecule has 0 radical (unpaired) electrons. The highest BCUT2D eigenvalue weighted by Crippen LogP contribution is 2.09. The van der Waals surface area contributed by atoms with Gasteiger partial charge in [-0.15, -0.1) is 10.2 Å². The van der Waals surface area contributed by atoms with Crippen LogP contribution >= 0.6 is 11.6 Å². The molecular weight excluding hydrogens is 328 g/mol. The molecule has 6 nitrogen and oxygen atoms in total. The first kappa shape index (κ1) is 18.2. The van der Waals surface area contributed by atoms with Crippen LogP contribution in [0.4, 0.5) is 5.82 Å². The number of hydrogen-bond acceptors (Lipinski definition) is 5. The number of carbonyl (C=O) groups is 1. The summed E-state index contributed by atoms with van der Waals surface area (Å²) in [5.41, 5.74) is 1.41. The molecule has 0 aliphatic rings. The fourth-order valence-corrected chi connectivity index (χ4v) is 2.17. The average Bonchev–Trinajstić information content (AvgIpc) is 2.61. The van der Waals surface area contributed by atoms with Gasteiger partial charge in [0, 0.05) is 31.8 Å². The van der Waals surface area contributed by atoms with E-state index in [9.17, 15) is 4.79 Å². The van der Waals surface area contributed by atoms with Crippen LogP contribution in [0.3, 0.4) is 0 Å². The molecule has 0 fully saturated rings. The molecule has 7 heteroatoms. The van der Waals surface area contributed by atoms with Gasteiger partial charge >= 0.3 is 0 Å². The summed E-state index contributed by atoms with van der Waals surface area (Å²) in [5, 5.41) is 14.6. The molecule has 0 saturated heterocycles. The second-order valence-corrected chi connectivity index (χ2v) is 5.65. The predicted octanol–water partition coefficient (Wildman–Crippen LogP) is 2.55. The van der Waals surface area contributed by atoms with E-state index in [2.05, 4.69) is 20.8 Å². The number of amides is 1. The average molecular weight is 349 g/mol. The third kappa shape index (κ3) is 6.14. The van der Waals surface area contributed by atoms with E-state index in [0.29, 0.717) is 29.7 Å². The number of benzene rings is 1. The Morgan fingerprint density at radius 2 is 1.92 bits per heavy atom. The molecule has 0 aliphatic carbocycles. The predicted molar refractivity (Wildman–Crippen MR) is 94.5 cm³/mol. The molecule has 0 aliphatic heterocycles. The van der Waals surface area contributed by atoms with Crippen LogP contribution in [0.1, 0.15) is 22.5 Å². The Bertz CT molecular complexity index is 632. The fourth-order valence-electron chi connectivity index (χ4n) is 2.04. The van der Waals surface area contributed by atoms with Gasteiger partial charge in [-0.1, -0.05) is 23.7 Å². The van der Waals surface area contributed by atoms with Crippen LogP contribution in [0.15, 0.2) is 36.4 Å². The van der Waals surface area contributed by atoms with Crippen molar-refractivity contribution in [2.24, 2.45) is 0 Å². The summed E-state index contributed by atoms with van der Waals surface area (Å²) in [6.07, 6.45) is 1.61. The molecule has 1 aromatic carbocycles. The van der Waals surface area contributed by atoms with Crippen molar-refractivity contribution in [2.75, 3.05) is 32.1 Å². The van der Waals surface area contributed by atoms with Crippen LogP contribution in [0, 0.1) is 0 Å². The van der Waals surface area contributed by atoms with Crippen LogP contribution in [-0.4, -0.2) is 42.9 Å². The maximum absolute atomic E-state index is 12.0. The number of carbonyl (C=O) groups excluding carboxylic acids is 1. The van der Waals surface area contributed by atoms with Gasteiger partial charge in [-0.05, 0) is 42.7 Å². The molecule has 0 saturated carbocycles. The van der Waals surface area contributed by atoms with Crippen LogP contribution < -0.4 is 10.6 Å². The molecule has 1 aromatic heterocycles. The Hall–Kier alpha value is -2.18. The van der Waals surface area contributed by atoms with Crippen molar-refractivity contribution in [1.29, 1.82) is 0 Å². The van der Waals surface area contributed by atoms with Gasteiger partial charge in [0.15, 0.2) is 5.69 Å². The number of methoxy groups -OCH3 is 1. The van der Waals surface area contributed by atoms with E-state index in [4.69, 9.17) is 16.3 Å². The minimum atomic E-state index is -0.234. The zero-order chi connectivity index (χ0) is 17.2. The SMILES string of the molecule is COCCCNc1ccc(C(=O)NCCc2ccc(Cl)cc2)nn1. The molecule has 1 amide bonds. The highest BCUT2D eigenvalue weighted by atomic mass is 35.5. The Balaban J connectivity index is 1.74. The summed E-state index contributed by atoms with van der Waals surface area (Å²) in [5.74, 6) is 0.409. The molecule has 128 valence electrons. The fraction of sp³-hybridized carbons (Fsp3) is 0.353. The van der Waals surface area contributed by atoms with Gasteiger partial charge in [-0.25, -0.2) is 0 Å². The van der Waals surface area contributed by atoms with Crippen LogP contribution in [-0.2, 0) is 11.2 Å². The number of nitrogens with one attached hydrogen (secondary N) is 2. The Morgan fingerprint density at radius 1 is 1.12 bits per heavy atom. The summed E-state index contributed by atoms with van der Waals surface area (Å²) < 4.78 is 4.97. The highest BCUT2D eigenvalue weighted by molar-refractivity contribution is 6.30. The van der Waals surface area contributed by atoms with E-state index in [0.717, 1.165) is 24.9 Å². The van der Waals surface area contributed by atoms with Gasteiger partial charge in [0.25, 0.3) is 5.91 Å². The van der Waals surface area contributed by atoms with Crippen molar-refractivity contribution >= 4 is 23.3 Å². The number of anilines is 1. The molecule has 0 spiro atoms. The number of aromatic nitrogens is 2. The minimum absolute atomic E-state index is 0.234. The van der Waals surface area contributed by atoms with Gasteiger partial charge < -0.3 is 15.4 Å². The molecule has 0 bridgehead atoms. The van der Waals surface area contributed by atoms with Crippen molar-refractivity contribution < 1.29 is 9.53 Å². The number of hydrogen-bond donors (Lipinski definition) is 2. The quantitative estimate of drug-likeness (QED) is 0.681. The topological polar surface area (TPSA) is 76.1 Å². The summed E-state index contributed by atoms with van der Waals surface area (Å²) in [4.78, 5) is 12.0. The molecule has 2 aromatic rings. The van der Waals surface area contributed by atoms with E-state index >= 15 is 0 Å². The van der Waals surface area contributed by atoms with Crippen molar-refractivity contribution in [2.45, 2.75) is 12.8 Å². The maximum Gasteiger partial charge on any atom is 0.271 e. The molecule has 24 heavy (non-hydrogen) atoms. The largest absolute Gasteiger partial charge is 0.385 e. The molecule has 2 rings (SSSR count). The summed E-state index contributed by atoms with van der Waals surface area (Å²) in [6, 6.07) is 11.0. The summed E-state index contributed by atoms with van der Waals surface area (Å²) >= 11 is 5.84. The van der Waals surface area contributed by atoms with Crippen LogP contribution in [0.5, 0.6) is 0 Å². The Labute approximate surface area is 146 Å². The Morgan fingerprint density at radius 3 is 2.58 bits per heavy atom. The van der Waals surface area contributed by atoms with Crippen molar-refractivity contribution in [3.63, 3.8) is 0 Å². The summed E-state index contributed by atoms with van der Waals surface area (Å²) in [6.45, 7) is 1.96. The molecule has 0 unspecified atom stereocenters. The van der Waals surface area contributed by atoms with Crippen molar-refractivity contribution in [3.05, 3.63) is 52.7 Å². The number of halogens is 1. The maximum atomic E-state index is 12.0. The lowest BCUT2D eigenvalue weighted by Gasteiger charge is -2.06. The van der Waals surface area contributed by atoms with Gasteiger partial charge in [-0.3, -0.25) is 4.79 Å². The molecule has 2 N–H and O–H groups in total. The lowest BCUT2D eigenvalue weighted by Crippen LogP contribution is -2.26. The van der Waals surface area contributed by atoms with Crippen molar-refractivity contribution in [3.8, 4) is 0 Å². The monoisotopic (exact) mass is 348 g/mol. The minimum Gasteiger partial charge on any atom is -0.385 e. The first-order valence-electron chi connectivity index (χ1n) is 7.78. The van der Waals surface area contributed by atoms with E-state index in [1.165, 1.54) is 0 Å². The van der Waals surface area contributed by atoms with E-state index in [1.54, 1.807) is 19.2 Å². The van der Waals surface area contributed by atoms with E-state index in [1.807, 2.05) is 24.3 Å². The van der Waals surface area contributed by atoms with Gasteiger partial charge in [0.2, 0.25) is 0 Å². The van der Waals surface area contributed by atoms with Gasteiger partial charge in [-0.2, -0.15) is 0 Å². The number of rotatable bonds is 9. The van der Waals surface area contributed by atoms with E-state index < -0.39 is 0 Å². The third-order valence-electron chi connectivity index (χ3n) is 3.34. The smallest absolute Gasteiger partial charge is 0.271 e. The Kier molecular flexibility index (Phi) is 7.45. The first-order chi connectivity index (χ1) is 11.7. The third-order valence-corrected chi connectivity index (χ3v) is 3.59. The number of nitrogens with zero attached hydrogens (tertiary/aromatic N) is 2. The first-order valence-corrected chi connectivity index (χ1v) is 8.16. The van der Waals surface area contributed by atoms with E-state index in [-0.39, 0.29) is 5.91 Å². The zero-order valence-corrected chi connectivity index (χ0v) is 14.3. The van der Waals surface area contributed by atoms with Gasteiger partial charge in [0.05, 0.1) is 0 Å². The normalized spacial score (nSPS) is 10.4. The number of ether oxygens (including phenoxy) is 1. The second-order valence-electron chi connectivity index (χ2n) is 5.21. The van der Waals surface area contributed by atoms with Gasteiger partial charge in [0.1, 0.15) is 5.82 Å². The zero-order valence-electron chi connectivity index (χ0n) is 13.6. The van der Waals surface area contributed by atoms with Crippen LogP contribution in [0.2, 0.25) is 5.02 Å². The molecule has 0 atom stereocenters. The lowest BCUT2D eigenvalue weighted by atomic mass is 10.1. The highest BCUT2D eigenvalue weighted by Gasteiger charge is 2.07. The molecular formula is C17H21ClN4O2. The molecule has 1 heterocycles. The standard InChI is InChI=1S/C17H21ClN4O2/c1-24-12-2-10-19-16-8-7-15(21-22-16)17(23)20-11-9-13-3-5-14(18)6-4-13/h3-8H,2,9-12H2,1H3,(H,19,22)(H,20,23). The van der Waals surface area contributed by atoms with Crippen LogP contribution in [0.25, 0.3) is 0 Å². The van der Waals surface area contributed by atoms with Crippen molar-refractivity contribution in [1.82, 2.24) is 15.5 Å². The second kappa shape index (κ2) is 9.85.